The number of anilines is 2. The van der Waals surface area contributed by atoms with Gasteiger partial charge >= 0.3 is 5.97 Å². The van der Waals surface area contributed by atoms with Crippen LogP contribution >= 0.6 is 0 Å². The first kappa shape index (κ1) is 87.4. The number of nitrogens with zero attached hydrogens (tertiary/aromatic N) is 5. The maximum Gasteiger partial charge on any atom is 0.313 e. The SMILES string of the molecule is CCCCc1nc2c(N)nc3ccc(N4CCN(CCOCCN(CCOCCOCCOCCOCCOCCOCCOCCOCCC(=O)Oc5c(F)c(F)cc(F)c5F)C(=O)CCOCCOCCOCCOCCOCCOCCOCCOCCOCCOC)CC4)cc3c2[nH]1. The lowest BCUT2D eigenvalue weighted by Gasteiger charge is -2.36. The molecule has 0 unspecified atom stereocenters. The molecule has 2 aromatic carbocycles. The van der Waals surface area contributed by atoms with E-state index < -0.39 is 41.4 Å². The molecule has 2 aromatic heterocycles. The predicted octanol–water partition coefficient (Wildman–Crippen LogP) is 4.87. The van der Waals surface area contributed by atoms with Crippen LogP contribution in [0, 0.1) is 23.3 Å². The molecule has 29 nitrogen and oxygen atoms in total. The van der Waals surface area contributed by atoms with Gasteiger partial charge in [0.05, 0.1) is 268 Å². The number of fused-ring (bicyclic) bond motifs is 3. The third-order valence-corrected chi connectivity index (χ3v) is 15.1. The van der Waals surface area contributed by atoms with E-state index in [0.29, 0.717) is 230 Å². The van der Waals surface area contributed by atoms with Crippen LogP contribution in [0.2, 0.25) is 0 Å². The minimum Gasteiger partial charge on any atom is -0.420 e. The number of pyridine rings is 1. The van der Waals surface area contributed by atoms with Gasteiger partial charge in [0.2, 0.25) is 23.3 Å². The molecule has 0 bridgehead atoms. The van der Waals surface area contributed by atoms with Crippen LogP contribution in [0.4, 0.5) is 29.1 Å². The monoisotopic (exact) mass is 1470 g/mol. The number of aromatic nitrogens is 3. The summed E-state index contributed by atoms with van der Waals surface area (Å²) in [6.07, 6.45) is 2.78. The van der Waals surface area contributed by atoms with E-state index in [9.17, 15) is 27.2 Å². The molecule has 33 heteroatoms. The van der Waals surface area contributed by atoms with Gasteiger partial charge in [0.25, 0.3) is 0 Å². The number of H-pyrrole nitrogens is 1. The molecule has 0 aliphatic carbocycles. The molecule has 1 amide bonds. The van der Waals surface area contributed by atoms with Crippen LogP contribution < -0.4 is 15.4 Å². The maximum absolute atomic E-state index is 13.7. The average molecular weight is 1470 g/mol. The van der Waals surface area contributed by atoms with Crippen LogP contribution in [0.3, 0.4) is 0 Å². The number of carbonyl (C=O) groups excluding carboxylic acids is 2. The van der Waals surface area contributed by atoms with Gasteiger partial charge in [0.15, 0.2) is 17.5 Å². The average Bonchev–Trinajstić information content (AvgIpc) is 1.55. The molecule has 1 fully saturated rings. The van der Waals surface area contributed by atoms with E-state index in [1.54, 1.807) is 12.0 Å². The van der Waals surface area contributed by atoms with Crippen molar-refractivity contribution in [2.75, 3.05) is 308 Å². The van der Waals surface area contributed by atoms with Gasteiger partial charge in [-0.05, 0) is 24.6 Å². The fourth-order valence-corrected chi connectivity index (χ4v) is 9.63. The van der Waals surface area contributed by atoms with Gasteiger partial charge in [-0.1, -0.05) is 13.3 Å². The highest BCUT2D eigenvalue weighted by Gasteiger charge is 2.24. The van der Waals surface area contributed by atoms with Gasteiger partial charge in [-0.15, -0.1) is 0 Å². The second-order valence-corrected chi connectivity index (χ2v) is 22.7. The number of methoxy groups -OCH3 is 1. The van der Waals surface area contributed by atoms with Crippen molar-refractivity contribution in [3.05, 3.63) is 53.4 Å². The second kappa shape index (κ2) is 58.0. The molecule has 0 saturated carbocycles. The zero-order chi connectivity index (χ0) is 72.6. The number of nitrogens with one attached hydrogen (secondary N) is 1. The van der Waals surface area contributed by atoms with Crippen LogP contribution in [0.25, 0.3) is 21.9 Å². The van der Waals surface area contributed by atoms with Crippen molar-refractivity contribution in [1.29, 1.82) is 0 Å². The second-order valence-electron chi connectivity index (χ2n) is 22.7. The Balaban J connectivity index is 0.838. The Kier molecular flexibility index (Phi) is 49.7. The summed E-state index contributed by atoms with van der Waals surface area (Å²) in [6, 6.07) is 6.36. The zero-order valence-electron chi connectivity index (χ0n) is 59.8. The van der Waals surface area contributed by atoms with Gasteiger partial charge in [0.1, 0.15) is 11.3 Å². The molecule has 0 atom stereocenters. The molecule has 0 radical (unpaired) electrons. The number of ether oxygens (including phenoxy) is 20. The van der Waals surface area contributed by atoms with Gasteiger partial charge in [-0.2, -0.15) is 8.78 Å². The molecular formula is C69H111F4N7O22. The number of nitrogen functional groups attached to an aromatic ring is 1. The summed E-state index contributed by atoms with van der Waals surface area (Å²) >= 11 is 0. The van der Waals surface area contributed by atoms with Crippen molar-refractivity contribution >= 4 is 45.3 Å². The molecule has 3 N–H and O–H groups in total. The van der Waals surface area contributed by atoms with E-state index in [-0.39, 0.29) is 51.4 Å². The summed E-state index contributed by atoms with van der Waals surface area (Å²) in [5.74, 6) is -8.24. The Morgan fingerprint density at radius 1 is 0.480 bits per heavy atom. The molecule has 0 spiro atoms. The van der Waals surface area contributed by atoms with E-state index in [0.717, 1.165) is 85.4 Å². The quantitative estimate of drug-likeness (QED) is 0.0196. The Labute approximate surface area is 596 Å². The minimum atomic E-state index is -1.80. The molecule has 1 saturated heterocycles. The lowest BCUT2D eigenvalue weighted by Crippen LogP contribution is -2.47. The fourth-order valence-electron chi connectivity index (χ4n) is 9.63. The molecule has 4 aromatic rings. The number of nitrogens with two attached hydrogens (primary N) is 1. The standard InChI is InChI=1S/C69H111F4N7O22/c1-3-4-5-61-76-66-57-54-56(6-7-60(57)75-69(74)67(66)77-61)79-12-10-78(11-13-79)14-19-86-20-15-80(62(81)8-17-84-24-27-89-32-35-93-40-43-97-49-51-101-53-52-100-47-46-96-39-38-92-31-30-88-23-22-83-2)16-21-87-26-29-91-34-37-95-42-45-99-50-48-98-44-41-94-36-33-90-28-25-85-18-9-63(82)102-68-64(72)58(70)55-59(71)65(68)73/h6-7,54-55H,3-5,8-53H2,1-2H3,(H2,74,75)(H,76,77). The van der Waals surface area contributed by atoms with Crippen LogP contribution in [0.1, 0.15) is 38.4 Å². The van der Waals surface area contributed by atoms with Crippen LogP contribution in [0.5, 0.6) is 5.75 Å². The highest BCUT2D eigenvalue weighted by molar-refractivity contribution is 6.07. The first-order chi connectivity index (χ1) is 50.1. The van der Waals surface area contributed by atoms with E-state index in [1.807, 2.05) is 6.07 Å². The fraction of sp³-hybridized carbons (Fsp3) is 0.739. The van der Waals surface area contributed by atoms with Crippen molar-refractivity contribution in [3.63, 3.8) is 0 Å². The van der Waals surface area contributed by atoms with Crippen LogP contribution in [-0.2, 0) is 106 Å². The lowest BCUT2D eigenvalue weighted by atomic mass is 10.1. The Bertz CT molecular complexity index is 2760. The van der Waals surface area contributed by atoms with E-state index in [4.69, 9.17) is 101 Å². The number of unbranched alkanes of at least 4 members (excludes halogenated alkanes) is 1. The number of carbonyl (C=O) groups is 2. The predicted molar refractivity (Wildman–Crippen MR) is 367 cm³/mol. The van der Waals surface area contributed by atoms with Crippen molar-refractivity contribution < 1.29 is 122 Å². The largest absolute Gasteiger partial charge is 0.420 e. The highest BCUT2D eigenvalue weighted by Crippen LogP contribution is 2.31. The summed E-state index contributed by atoms with van der Waals surface area (Å²) in [6.45, 7) is 21.5. The molecule has 3 heterocycles. The van der Waals surface area contributed by atoms with E-state index >= 15 is 0 Å². The zero-order valence-corrected chi connectivity index (χ0v) is 59.8. The van der Waals surface area contributed by atoms with Gasteiger partial charge in [-0.25, -0.2) is 18.7 Å². The van der Waals surface area contributed by atoms with Gasteiger partial charge in [0, 0.05) is 76.5 Å². The number of aryl methyl sites for hydroxylation is 1. The number of esters is 1. The van der Waals surface area contributed by atoms with Gasteiger partial charge < -0.3 is 115 Å². The number of amides is 1. The summed E-state index contributed by atoms with van der Waals surface area (Å²) in [5.41, 5.74) is 9.97. The van der Waals surface area contributed by atoms with Crippen molar-refractivity contribution in [1.82, 2.24) is 24.8 Å². The van der Waals surface area contributed by atoms with Crippen LogP contribution in [-0.4, -0.2) is 334 Å². The Morgan fingerprint density at radius 2 is 0.863 bits per heavy atom. The highest BCUT2D eigenvalue weighted by atomic mass is 19.2. The number of benzene rings is 2. The first-order valence-electron chi connectivity index (χ1n) is 35.3. The van der Waals surface area contributed by atoms with Crippen LogP contribution in [0.15, 0.2) is 24.3 Å². The summed E-state index contributed by atoms with van der Waals surface area (Å²) in [7, 11) is 1.64. The molecule has 582 valence electrons. The lowest BCUT2D eigenvalue weighted by molar-refractivity contribution is -0.136. The van der Waals surface area contributed by atoms with Crippen molar-refractivity contribution in [3.8, 4) is 5.75 Å². The molecular weight excluding hydrogens is 1350 g/mol. The number of imidazole rings is 1. The normalized spacial score (nSPS) is 12.9. The Hall–Kier alpha value is -5.22. The summed E-state index contributed by atoms with van der Waals surface area (Å²) < 4.78 is 164. The van der Waals surface area contributed by atoms with Crippen molar-refractivity contribution in [2.45, 2.75) is 39.0 Å². The number of rotatable bonds is 68. The third kappa shape index (κ3) is 39.2. The summed E-state index contributed by atoms with van der Waals surface area (Å²) in [5, 5.41) is 1.02. The number of hydrogen-bond donors (Lipinski definition) is 2. The van der Waals surface area contributed by atoms with E-state index in [1.165, 1.54) is 0 Å². The maximum atomic E-state index is 13.7. The number of aromatic amines is 1. The van der Waals surface area contributed by atoms with E-state index in [2.05, 4.69) is 43.6 Å². The number of hydrogen-bond acceptors (Lipinski definition) is 27. The Morgan fingerprint density at radius 3 is 1.27 bits per heavy atom. The summed E-state index contributed by atoms with van der Waals surface area (Å²) in [4.78, 5) is 44.8. The van der Waals surface area contributed by atoms with Crippen molar-refractivity contribution in [2.24, 2.45) is 0 Å². The molecule has 1 aliphatic rings. The van der Waals surface area contributed by atoms with Gasteiger partial charge in [-0.3, -0.25) is 14.5 Å². The molecule has 5 rings (SSSR count). The number of piperazine rings is 1. The smallest absolute Gasteiger partial charge is 0.313 e. The third-order valence-electron chi connectivity index (χ3n) is 15.1. The first-order valence-corrected chi connectivity index (χ1v) is 35.3. The minimum absolute atomic E-state index is 0.0160. The molecule has 102 heavy (non-hydrogen) atoms. The molecule has 1 aliphatic heterocycles. The topological polar surface area (TPSA) is 296 Å². The number of halogens is 4.